The summed E-state index contributed by atoms with van der Waals surface area (Å²) in [5.41, 5.74) is 2.71. The topological polar surface area (TPSA) is 109 Å². The normalized spacial score (nSPS) is 14.8. The van der Waals surface area contributed by atoms with Crippen LogP contribution in [0.15, 0.2) is 65.5 Å². The quantitative estimate of drug-likeness (QED) is 0.422. The number of nitrogens with zero attached hydrogens (tertiary/aromatic N) is 5. The van der Waals surface area contributed by atoms with Gasteiger partial charge >= 0.3 is 0 Å². The first-order valence-electron chi connectivity index (χ1n) is 11.4. The summed E-state index contributed by atoms with van der Waals surface area (Å²) >= 11 is 0. The van der Waals surface area contributed by atoms with Crippen molar-refractivity contribution in [1.82, 2.24) is 30.2 Å². The van der Waals surface area contributed by atoms with Crippen molar-refractivity contribution < 1.29 is 18.7 Å². The molecule has 5 rings (SSSR count). The molecule has 0 saturated carbocycles. The highest BCUT2D eigenvalue weighted by molar-refractivity contribution is 5.97. The summed E-state index contributed by atoms with van der Waals surface area (Å²) < 4.78 is 21.2. The van der Waals surface area contributed by atoms with E-state index in [0.29, 0.717) is 6.54 Å². The summed E-state index contributed by atoms with van der Waals surface area (Å²) in [4.78, 5) is 19.1. The molecule has 2 N–H and O–H groups in total. The molecule has 1 aliphatic heterocycles. The molecular formula is C25H25FN6O3. The molecule has 10 heteroatoms. The number of piperidine rings is 1. The lowest BCUT2D eigenvalue weighted by molar-refractivity contribution is 0.0904. The Bertz CT molecular complexity index is 1310. The number of halogens is 1. The minimum absolute atomic E-state index is 0.0176. The molecule has 0 radical (unpaired) electrons. The van der Waals surface area contributed by atoms with Crippen LogP contribution in [0.3, 0.4) is 0 Å². The maximum atomic E-state index is 14.2. The van der Waals surface area contributed by atoms with E-state index in [9.17, 15) is 14.3 Å². The van der Waals surface area contributed by atoms with Crippen molar-refractivity contribution in [3.63, 3.8) is 0 Å². The highest BCUT2D eigenvalue weighted by Crippen LogP contribution is 2.26. The maximum absolute atomic E-state index is 14.2. The lowest BCUT2D eigenvalue weighted by Gasteiger charge is -2.31. The average molecular weight is 477 g/mol. The first-order chi connectivity index (χ1) is 17.1. The monoisotopic (exact) mass is 476 g/mol. The van der Waals surface area contributed by atoms with Gasteiger partial charge in [-0.1, -0.05) is 35.5 Å². The Morgan fingerprint density at radius 3 is 2.71 bits per heavy atom. The Balaban J connectivity index is 1.17. The van der Waals surface area contributed by atoms with Crippen molar-refractivity contribution in [3.8, 4) is 17.0 Å². The highest BCUT2D eigenvalue weighted by atomic mass is 19.1. The fourth-order valence-electron chi connectivity index (χ4n) is 4.32. The Kier molecular flexibility index (Phi) is 6.64. The van der Waals surface area contributed by atoms with Crippen LogP contribution in [0.1, 0.15) is 34.6 Å². The molecule has 1 amide bonds. The van der Waals surface area contributed by atoms with Gasteiger partial charge in [0.25, 0.3) is 5.91 Å². The lowest BCUT2D eigenvalue weighted by atomic mass is 10.0. The van der Waals surface area contributed by atoms with Crippen molar-refractivity contribution in [3.05, 3.63) is 83.9 Å². The van der Waals surface area contributed by atoms with E-state index >= 15 is 0 Å². The average Bonchev–Trinajstić information content (AvgIpc) is 3.56. The minimum Gasteiger partial charge on any atom is -0.443 e. The van der Waals surface area contributed by atoms with Crippen LogP contribution < -0.4 is 5.32 Å². The second kappa shape index (κ2) is 10.2. The molecule has 180 valence electrons. The van der Waals surface area contributed by atoms with Crippen molar-refractivity contribution >= 4 is 5.91 Å². The fraction of sp³-hybridized carbons (Fsp3) is 0.280. The highest BCUT2D eigenvalue weighted by Gasteiger charge is 2.26. The van der Waals surface area contributed by atoms with Gasteiger partial charge in [-0.15, -0.1) is 5.10 Å². The predicted octanol–water partition coefficient (Wildman–Crippen LogP) is 2.95. The number of aromatic nitrogens is 4. The molecule has 4 aromatic rings. The van der Waals surface area contributed by atoms with Gasteiger partial charge in [-0.25, -0.2) is 14.1 Å². The third kappa shape index (κ3) is 4.98. The predicted molar refractivity (Wildman–Crippen MR) is 125 cm³/mol. The zero-order chi connectivity index (χ0) is 24.2. The molecule has 0 atom stereocenters. The summed E-state index contributed by atoms with van der Waals surface area (Å²) in [5, 5.41) is 21.1. The molecular weight excluding hydrogens is 451 g/mol. The van der Waals surface area contributed by atoms with E-state index in [1.807, 2.05) is 30.5 Å². The van der Waals surface area contributed by atoms with Crippen molar-refractivity contribution in [1.29, 1.82) is 0 Å². The molecule has 1 aliphatic rings. The zero-order valence-electron chi connectivity index (χ0n) is 19.0. The van der Waals surface area contributed by atoms with Crippen LogP contribution in [0.25, 0.3) is 17.0 Å². The molecule has 0 spiro atoms. The van der Waals surface area contributed by atoms with Crippen LogP contribution in [-0.4, -0.2) is 55.0 Å². The van der Waals surface area contributed by atoms with Crippen LogP contribution in [0.2, 0.25) is 0 Å². The number of para-hydroxylation sites is 1. The van der Waals surface area contributed by atoms with Gasteiger partial charge in [0.2, 0.25) is 0 Å². The number of aliphatic hydroxyl groups excluding tert-OH is 1. The van der Waals surface area contributed by atoms with E-state index in [0.717, 1.165) is 49.3 Å². The fourth-order valence-corrected chi connectivity index (χ4v) is 4.32. The number of nitrogens with one attached hydrogen (secondary N) is 1. The molecule has 2 aromatic heterocycles. The van der Waals surface area contributed by atoms with Gasteiger partial charge in [0.05, 0.1) is 29.7 Å². The summed E-state index contributed by atoms with van der Waals surface area (Å²) in [5.74, 6) is -0.715. The molecule has 2 aromatic carbocycles. The number of oxazole rings is 1. The number of aliphatic hydroxyl groups is 1. The van der Waals surface area contributed by atoms with Gasteiger partial charge in [-0.3, -0.25) is 9.69 Å². The number of carbonyl (C=O) groups excluding carboxylic acids is 1. The van der Waals surface area contributed by atoms with Gasteiger partial charge in [-0.2, -0.15) is 0 Å². The van der Waals surface area contributed by atoms with Crippen LogP contribution in [0, 0.1) is 5.82 Å². The smallest absolute Gasteiger partial charge is 0.274 e. The first-order valence-corrected chi connectivity index (χ1v) is 11.4. The number of carbonyl (C=O) groups is 1. The van der Waals surface area contributed by atoms with E-state index in [4.69, 9.17) is 4.42 Å². The maximum Gasteiger partial charge on any atom is 0.274 e. The number of hydrogen-bond donors (Lipinski definition) is 2. The first kappa shape index (κ1) is 22.9. The van der Waals surface area contributed by atoms with Crippen LogP contribution in [-0.2, 0) is 13.2 Å². The van der Waals surface area contributed by atoms with E-state index in [1.54, 1.807) is 22.9 Å². The van der Waals surface area contributed by atoms with Gasteiger partial charge < -0.3 is 14.8 Å². The van der Waals surface area contributed by atoms with Crippen LogP contribution in [0.4, 0.5) is 4.39 Å². The SMILES string of the molecule is O=C(NC1CCN(Cc2cn(-c3ccccc3CO)nn2)CC1)c1ncoc1-c1ccccc1F. The molecule has 9 nitrogen and oxygen atoms in total. The summed E-state index contributed by atoms with van der Waals surface area (Å²) in [7, 11) is 0. The van der Waals surface area contributed by atoms with Crippen LogP contribution >= 0.6 is 0 Å². The van der Waals surface area contributed by atoms with Crippen molar-refractivity contribution in [2.45, 2.75) is 32.0 Å². The minimum atomic E-state index is -0.469. The second-order valence-corrected chi connectivity index (χ2v) is 8.48. The van der Waals surface area contributed by atoms with E-state index in [-0.39, 0.29) is 35.6 Å². The number of amides is 1. The number of likely N-dealkylation sites (tertiary alicyclic amines) is 1. The Morgan fingerprint density at radius 1 is 1.14 bits per heavy atom. The van der Waals surface area contributed by atoms with Crippen molar-refractivity contribution in [2.75, 3.05) is 13.1 Å². The lowest BCUT2D eigenvalue weighted by Crippen LogP contribution is -2.44. The molecule has 35 heavy (non-hydrogen) atoms. The molecule has 0 bridgehead atoms. The number of rotatable bonds is 7. The Hall–Kier alpha value is -3.89. The molecule has 1 saturated heterocycles. The molecule has 0 aliphatic carbocycles. The van der Waals surface area contributed by atoms with E-state index in [1.165, 1.54) is 6.07 Å². The molecule has 0 unspecified atom stereocenters. The van der Waals surface area contributed by atoms with E-state index in [2.05, 4.69) is 25.5 Å². The van der Waals surface area contributed by atoms with Gasteiger partial charge in [-0.05, 0) is 31.0 Å². The number of benzene rings is 2. The van der Waals surface area contributed by atoms with E-state index < -0.39 is 5.82 Å². The Morgan fingerprint density at radius 2 is 1.91 bits per heavy atom. The Labute approximate surface area is 201 Å². The standard InChI is InChI=1S/C25H25FN6O3/c26-21-7-3-2-6-20(21)24-23(27-16-35-24)25(34)28-18-9-11-31(12-10-18)13-19-14-32(30-29-19)22-8-4-1-5-17(22)15-33/h1-8,14,16,18,33H,9-13,15H2,(H,28,34). The zero-order valence-corrected chi connectivity index (χ0v) is 19.0. The largest absolute Gasteiger partial charge is 0.443 e. The third-order valence-corrected chi connectivity index (χ3v) is 6.16. The molecule has 1 fully saturated rings. The van der Waals surface area contributed by atoms with Gasteiger partial charge in [0.1, 0.15) is 5.82 Å². The van der Waals surface area contributed by atoms with Gasteiger partial charge in [0.15, 0.2) is 17.8 Å². The summed E-state index contributed by atoms with van der Waals surface area (Å²) in [6.07, 6.45) is 4.56. The second-order valence-electron chi connectivity index (χ2n) is 8.48. The summed E-state index contributed by atoms with van der Waals surface area (Å²) in [6.45, 7) is 2.14. The third-order valence-electron chi connectivity index (χ3n) is 6.16. The van der Waals surface area contributed by atoms with Crippen molar-refractivity contribution in [2.24, 2.45) is 0 Å². The number of hydrogen-bond acceptors (Lipinski definition) is 7. The van der Waals surface area contributed by atoms with Gasteiger partial charge in [0, 0.05) is 31.2 Å². The summed E-state index contributed by atoms with van der Waals surface area (Å²) in [6, 6.07) is 13.6. The molecule has 3 heterocycles. The van der Waals surface area contributed by atoms with Crippen LogP contribution in [0.5, 0.6) is 0 Å².